The van der Waals surface area contributed by atoms with Crippen molar-refractivity contribution in [2.24, 2.45) is 17.8 Å². The standard InChI is InChI=1S/C15H26N2O3S/c1-2-9-21(19,20)16-11-7-8-17(10-11)15(18)14-12-5-3-4-6-13(12)14/h11-14,16H,2-10H2,1H3/t11-,12+,13+/m1/s1. The Balaban J connectivity index is 1.52. The van der Waals surface area contributed by atoms with E-state index in [2.05, 4.69) is 4.72 Å². The summed E-state index contributed by atoms with van der Waals surface area (Å²) in [6.07, 6.45) is 6.32. The van der Waals surface area contributed by atoms with Crippen LogP contribution in [0, 0.1) is 17.8 Å². The minimum Gasteiger partial charge on any atom is -0.341 e. The Kier molecular flexibility index (Phi) is 4.28. The van der Waals surface area contributed by atoms with E-state index in [0.29, 0.717) is 31.3 Å². The van der Waals surface area contributed by atoms with Crippen LogP contribution < -0.4 is 4.72 Å². The smallest absolute Gasteiger partial charge is 0.226 e. The molecule has 0 unspecified atom stereocenters. The van der Waals surface area contributed by atoms with Crippen molar-refractivity contribution in [3.8, 4) is 0 Å². The number of nitrogens with zero attached hydrogens (tertiary/aromatic N) is 1. The first-order valence-electron chi connectivity index (χ1n) is 8.30. The Labute approximate surface area is 127 Å². The van der Waals surface area contributed by atoms with Gasteiger partial charge in [-0.1, -0.05) is 19.8 Å². The maximum absolute atomic E-state index is 12.6. The van der Waals surface area contributed by atoms with Crippen molar-refractivity contribution in [2.45, 2.75) is 51.5 Å². The first-order chi connectivity index (χ1) is 10.0. The summed E-state index contributed by atoms with van der Waals surface area (Å²) in [6, 6.07) is -0.0914. The van der Waals surface area contributed by atoms with Crippen LogP contribution in [0.2, 0.25) is 0 Å². The van der Waals surface area contributed by atoms with Crippen LogP contribution in [-0.4, -0.2) is 44.1 Å². The summed E-state index contributed by atoms with van der Waals surface area (Å²) in [6.45, 7) is 3.12. The molecule has 0 aromatic heterocycles. The molecule has 120 valence electrons. The van der Waals surface area contributed by atoms with E-state index in [4.69, 9.17) is 0 Å². The third-order valence-electron chi connectivity index (χ3n) is 5.26. The van der Waals surface area contributed by atoms with E-state index in [1.54, 1.807) is 0 Å². The average Bonchev–Trinajstić information content (AvgIpc) is 2.99. The number of carbonyl (C=O) groups is 1. The minimum atomic E-state index is -3.18. The van der Waals surface area contributed by atoms with Crippen molar-refractivity contribution in [2.75, 3.05) is 18.8 Å². The van der Waals surface area contributed by atoms with Gasteiger partial charge in [-0.3, -0.25) is 4.79 Å². The molecule has 2 saturated carbocycles. The molecule has 21 heavy (non-hydrogen) atoms. The number of fused-ring (bicyclic) bond motifs is 1. The summed E-state index contributed by atoms with van der Waals surface area (Å²) in [5, 5.41) is 0. The second-order valence-corrected chi connectivity index (χ2v) is 8.72. The lowest BCUT2D eigenvalue weighted by Gasteiger charge is -2.17. The third kappa shape index (κ3) is 3.26. The SMILES string of the molecule is CCCS(=O)(=O)N[C@@H]1CCN(C(=O)C2[C@H]3CCCC[C@H]23)C1. The maximum atomic E-state index is 12.6. The van der Waals surface area contributed by atoms with Gasteiger partial charge in [0.2, 0.25) is 15.9 Å². The summed E-state index contributed by atoms with van der Waals surface area (Å²) < 4.78 is 26.3. The largest absolute Gasteiger partial charge is 0.341 e. The fraction of sp³-hybridized carbons (Fsp3) is 0.933. The van der Waals surface area contributed by atoms with E-state index in [1.807, 2.05) is 11.8 Å². The molecule has 0 aromatic carbocycles. The van der Waals surface area contributed by atoms with E-state index in [-0.39, 0.29) is 23.6 Å². The summed E-state index contributed by atoms with van der Waals surface area (Å²) in [5.41, 5.74) is 0. The van der Waals surface area contributed by atoms with E-state index in [0.717, 1.165) is 6.42 Å². The van der Waals surface area contributed by atoms with Crippen LogP contribution in [0.1, 0.15) is 45.4 Å². The zero-order chi connectivity index (χ0) is 15.0. The first-order valence-corrected chi connectivity index (χ1v) is 9.96. The second kappa shape index (κ2) is 5.88. The van der Waals surface area contributed by atoms with Crippen LogP contribution in [0.4, 0.5) is 0 Å². The van der Waals surface area contributed by atoms with E-state index in [1.165, 1.54) is 25.7 Å². The first kappa shape index (κ1) is 15.3. The molecule has 1 aliphatic heterocycles. The zero-order valence-corrected chi connectivity index (χ0v) is 13.6. The van der Waals surface area contributed by atoms with Gasteiger partial charge in [-0.05, 0) is 37.5 Å². The molecule has 6 heteroatoms. The molecule has 3 aliphatic rings. The number of nitrogens with one attached hydrogen (secondary N) is 1. The van der Waals surface area contributed by atoms with Gasteiger partial charge in [0.15, 0.2) is 0 Å². The summed E-state index contributed by atoms with van der Waals surface area (Å²) in [5.74, 6) is 1.95. The number of hydrogen-bond acceptors (Lipinski definition) is 3. The monoisotopic (exact) mass is 314 g/mol. The molecule has 3 rings (SSSR count). The van der Waals surface area contributed by atoms with Crippen LogP contribution in [0.25, 0.3) is 0 Å². The van der Waals surface area contributed by atoms with Crippen molar-refractivity contribution in [3.05, 3.63) is 0 Å². The molecular weight excluding hydrogens is 288 g/mol. The molecule has 5 nitrogen and oxygen atoms in total. The molecule has 1 N–H and O–H groups in total. The zero-order valence-electron chi connectivity index (χ0n) is 12.8. The van der Waals surface area contributed by atoms with Crippen molar-refractivity contribution in [1.29, 1.82) is 0 Å². The Hall–Kier alpha value is -0.620. The van der Waals surface area contributed by atoms with E-state index >= 15 is 0 Å². The molecule has 0 spiro atoms. The van der Waals surface area contributed by atoms with Crippen LogP contribution >= 0.6 is 0 Å². The topological polar surface area (TPSA) is 66.5 Å². The van der Waals surface area contributed by atoms with Gasteiger partial charge in [0.05, 0.1) is 5.75 Å². The summed E-state index contributed by atoms with van der Waals surface area (Å²) in [7, 11) is -3.18. The average molecular weight is 314 g/mol. The van der Waals surface area contributed by atoms with Gasteiger partial charge in [-0.2, -0.15) is 0 Å². The van der Waals surface area contributed by atoms with Crippen LogP contribution in [0.5, 0.6) is 0 Å². The molecule has 3 fully saturated rings. The predicted octanol–water partition coefficient (Wildman–Crippen LogP) is 1.35. The van der Waals surface area contributed by atoms with E-state index < -0.39 is 10.0 Å². The molecule has 0 aromatic rings. The Bertz CT molecular complexity index is 493. The second-order valence-electron chi connectivity index (χ2n) is 6.84. The highest BCUT2D eigenvalue weighted by atomic mass is 32.2. The fourth-order valence-corrected chi connectivity index (χ4v) is 5.56. The lowest BCUT2D eigenvalue weighted by atomic mass is 10.0. The summed E-state index contributed by atoms with van der Waals surface area (Å²) in [4.78, 5) is 14.5. The number of likely N-dealkylation sites (tertiary alicyclic amines) is 1. The quantitative estimate of drug-likeness (QED) is 0.833. The summed E-state index contributed by atoms with van der Waals surface area (Å²) >= 11 is 0. The number of rotatable bonds is 5. The van der Waals surface area contributed by atoms with Crippen LogP contribution in [0.15, 0.2) is 0 Å². The Morgan fingerprint density at radius 1 is 1.19 bits per heavy atom. The third-order valence-corrected chi connectivity index (χ3v) is 6.90. The normalized spacial score (nSPS) is 35.6. The van der Waals surface area contributed by atoms with Crippen molar-refractivity contribution >= 4 is 15.9 Å². The number of carbonyl (C=O) groups excluding carboxylic acids is 1. The van der Waals surface area contributed by atoms with Crippen molar-refractivity contribution in [1.82, 2.24) is 9.62 Å². The molecule has 1 saturated heterocycles. The number of amides is 1. The molecule has 0 radical (unpaired) electrons. The number of sulfonamides is 1. The van der Waals surface area contributed by atoms with Gasteiger partial charge >= 0.3 is 0 Å². The van der Waals surface area contributed by atoms with Gasteiger partial charge in [-0.15, -0.1) is 0 Å². The molecule has 1 heterocycles. The highest BCUT2D eigenvalue weighted by Crippen LogP contribution is 2.56. The minimum absolute atomic E-state index is 0.0914. The number of hydrogen-bond donors (Lipinski definition) is 1. The van der Waals surface area contributed by atoms with Gasteiger partial charge in [0.25, 0.3) is 0 Å². The van der Waals surface area contributed by atoms with E-state index in [9.17, 15) is 13.2 Å². The van der Waals surface area contributed by atoms with Gasteiger partial charge in [-0.25, -0.2) is 13.1 Å². The van der Waals surface area contributed by atoms with Crippen LogP contribution in [0.3, 0.4) is 0 Å². The van der Waals surface area contributed by atoms with Gasteiger partial charge in [0.1, 0.15) is 0 Å². The molecular formula is C15H26N2O3S. The Morgan fingerprint density at radius 2 is 1.86 bits per heavy atom. The lowest BCUT2D eigenvalue weighted by Crippen LogP contribution is -2.39. The molecule has 3 atom stereocenters. The maximum Gasteiger partial charge on any atom is 0.226 e. The van der Waals surface area contributed by atoms with Crippen molar-refractivity contribution in [3.63, 3.8) is 0 Å². The highest BCUT2D eigenvalue weighted by Gasteiger charge is 2.56. The Morgan fingerprint density at radius 3 is 2.48 bits per heavy atom. The lowest BCUT2D eigenvalue weighted by molar-refractivity contribution is -0.132. The van der Waals surface area contributed by atoms with Crippen molar-refractivity contribution < 1.29 is 13.2 Å². The molecule has 1 amide bonds. The molecule has 2 aliphatic carbocycles. The molecule has 0 bridgehead atoms. The van der Waals surface area contributed by atoms with Crippen LogP contribution in [-0.2, 0) is 14.8 Å². The van der Waals surface area contributed by atoms with Gasteiger partial charge in [0, 0.05) is 25.0 Å². The fourth-order valence-electron chi connectivity index (χ4n) is 4.21. The van der Waals surface area contributed by atoms with Gasteiger partial charge < -0.3 is 4.90 Å². The highest BCUT2D eigenvalue weighted by molar-refractivity contribution is 7.89. The predicted molar refractivity (Wildman–Crippen MR) is 81.1 cm³/mol.